The van der Waals surface area contributed by atoms with Gasteiger partial charge in [-0.05, 0) is 37.8 Å². The molecule has 1 aromatic rings. The van der Waals surface area contributed by atoms with E-state index in [1.54, 1.807) is 0 Å². The molecule has 222 valence electrons. The summed E-state index contributed by atoms with van der Waals surface area (Å²) in [5.74, 6) is -3.96. The summed E-state index contributed by atoms with van der Waals surface area (Å²) >= 11 is 0. The molecule has 0 spiro atoms. The van der Waals surface area contributed by atoms with E-state index in [0.717, 1.165) is 5.56 Å². The van der Waals surface area contributed by atoms with Crippen molar-refractivity contribution in [3.63, 3.8) is 0 Å². The van der Waals surface area contributed by atoms with Crippen LogP contribution in [0.5, 0.6) is 0 Å². The van der Waals surface area contributed by atoms with Crippen molar-refractivity contribution >= 4 is 35.9 Å². The van der Waals surface area contributed by atoms with E-state index in [1.165, 1.54) is 16.9 Å². The van der Waals surface area contributed by atoms with E-state index in [1.807, 2.05) is 57.2 Å². The SMILES string of the molecule is CCC1=C(OC(=O)N(CC)CC)N2C(=O)OC(=NCC(=O)OC)[C@]2(Cc2ccccc2)C2C1=CCC1C(=O)NC(=O)C12. The van der Waals surface area contributed by atoms with Crippen molar-refractivity contribution in [1.82, 2.24) is 15.1 Å². The van der Waals surface area contributed by atoms with Gasteiger partial charge in [0.05, 0.1) is 18.9 Å². The van der Waals surface area contributed by atoms with Crippen molar-refractivity contribution in [3.05, 3.63) is 59.0 Å². The minimum absolute atomic E-state index is 0.00993. The topological polar surface area (TPSA) is 144 Å². The Balaban J connectivity index is 1.80. The van der Waals surface area contributed by atoms with Gasteiger partial charge in [0.15, 0.2) is 0 Å². The maximum atomic E-state index is 13.9. The molecule has 2 fully saturated rings. The van der Waals surface area contributed by atoms with Crippen LogP contribution in [0.1, 0.15) is 39.2 Å². The number of allylic oxidation sites excluding steroid dienone is 2. The fourth-order valence-electron chi connectivity index (χ4n) is 6.62. The average Bonchev–Trinajstić information content (AvgIpc) is 3.44. The number of ether oxygens (including phenoxy) is 3. The quantitative estimate of drug-likeness (QED) is 0.282. The number of rotatable bonds is 8. The van der Waals surface area contributed by atoms with Crippen LogP contribution in [0.15, 0.2) is 58.4 Å². The molecule has 1 N–H and O–H groups in total. The van der Waals surface area contributed by atoms with Crippen LogP contribution >= 0.6 is 0 Å². The van der Waals surface area contributed by atoms with Crippen molar-refractivity contribution < 1.29 is 38.2 Å². The lowest BCUT2D eigenvalue weighted by molar-refractivity contribution is -0.139. The first-order chi connectivity index (χ1) is 20.2. The highest BCUT2D eigenvalue weighted by molar-refractivity contribution is 6.09. The summed E-state index contributed by atoms with van der Waals surface area (Å²) in [5, 5.41) is 2.47. The Kier molecular flexibility index (Phi) is 7.89. The number of hydrogen-bond acceptors (Lipinski definition) is 9. The third-order valence-corrected chi connectivity index (χ3v) is 8.52. The summed E-state index contributed by atoms with van der Waals surface area (Å²) in [4.78, 5) is 72.9. The number of benzene rings is 1. The standard InChI is InChI=1S/C30H34N4O8/c1-5-18-19-13-14-20-22(25(37)32-24(20)36)23(19)30(15-17-11-9-8-10-12-17)27(31-16-21(35)40-4)42-29(39)34(30)26(18)41-28(38)33(6-2)7-3/h8-13,20,22-23H,5-7,14-16H2,1-4H3,(H,32,36,37)/t20?,22?,23?,30-/m0/s1. The number of esters is 1. The molecule has 1 aliphatic carbocycles. The van der Waals surface area contributed by atoms with E-state index in [2.05, 4.69) is 10.3 Å². The molecule has 0 saturated carbocycles. The van der Waals surface area contributed by atoms with E-state index in [-0.39, 0.29) is 24.1 Å². The van der Waals surface area contributed by atoms with Gasteiger partial charge in [-0.25, -0.2) is 19.5 Å². The summed E-state index contributed by atoms with van der Waals surface area (Å²) in [6, 6.07) is 9.24. The molecule has 12 heteroatoms. The second-order valence-electron chi connectivity index (χ2n) is 10.5. The lowest BCUT2D eigenvalue weighted by Gasteiger charge is -2.50. The Morgan fingerprint density at radius 1 is 1.12 bits per heavy atom. The molecular formula is C30H34N4O8. The van der Waals surface area contributed by atoms with Gasteiger partial charge in [0.1, 0.15) is 12.1 Å². The van der Waals surface area contributed by atoms with E-state index >= 15 is 0 Å². The number of nitrogens with zero attached hydrogens (tertiary/aromatic N) is 3. The zero-order valence-corrected chi connectivity index (χ0v) is 24.0. The van der Waals surface area contributed by atoms with E-state index in [4.69, 9.17) is 14.2 Å². The van der Waals surface area contributed by atoms with Gasteiger partial charge < -0.3 is 19.1 Å². The Morgan fingerprint density at radius 2 is 1.83 bits per heavy atom. The average molecular weight is 579 g/mol. The summed E-state index contributed by atoms with van der Waals surface area (Å²) in [6.07, 6.45) is 1.11. The van der Waals surface area contributed by atoms with Crippen LogP contribution in [-0.4, -0.2) is 78.0 Å². The van der Waals surface area contributed by atoms with E-state index in [9.17, 15) is 24.0 Å². The number of imide groups is 1. The van der Waals surface area contributed by atoms with E-state index < -0.39 is 53.9 Å². The Hall–Kier alpha value is -4.48. The Bertz CT molecular complexity index is 1410. The summed E-state index contributed by atoms with van der Waals surface area (Å²) in [6.45, 7) is 5.81. The lowest BCUT2D eigenvalue weighted by atomic mass is 9.59. The van der Waals surface area contributed by atoms with Gasteiger partial charge >= 0.3 is 18.2 Å². The molecule has 0 bridgehead atoms. The normalized spacial score (nSPS) is 27.1. The first-order valence-corrected chi connectivity index (χ1v) is 14.1. The second-order valence-corrected chi connectivity index (χ2v) is 10.5. The van der Waals surface area contributed by atoms with Gasteiger partial charge in [-0.1, -0.05) is 43.3 Å². The molecule has 12 nitrogen and oxygen atoms in total. The van der Waals surface area contributed by atoms with Crippen LogP contribution in [0.4, 0.5) is 9.59 Å². The smallest absolute Gasteiger partial charge is 0.424 e. The predicted octanol–water partition coefficient (Wildman–Crippen LogP) is 2.94. The number of aliphatic imine (C=N–C) groups is 1. The first-order valence-electron chi connectivity index (χ1n) is 14.1. The van der Waals surface area contributed by atoms with E-state index in [0.29, 0.717) is 37.1 Å². The van der Waals surface area contributed by atoms with Crippen molar-refractivity contribution in [2.45, 2.75) is 45.6 Å². The van der Waals surface area contributed by atoms with Crippen LogP contribution in [0.2, 0.25) is 0 Å². The largest absolute Gasteiger partial charge is 0.468 e. The molecular weight excluding hydrogens is 544 g/mol. The minimum Gasteiger partial charge on any atom is -0.468 e. The molecule has 4 atom stereocenters. The molecule has 42 heavy (non-hydrogen) atoms. The highest BCUT2D eigenvalue weighted by Gasteiger charge is 2.69. The number of fused-ring (bicyclic) bond motifs is 5. The number of cyclic esters (lactones) is 1. The Morgan fingerprint density at radius 3 is 2.48 bits per heavy atom. The van der Waals surface area contributed by atoms with Gasteiger partial charge in [0, 0.05) is 31.0 Å². The van der Waals surface area contributed by atoms with Crippen LogP contribution in [0.3, 0.4) is 0 Å². The van der Waals surface area contributed by atoms with Crippen LogP contribution < -0.4 is 5.32 Å². The molecule has 0 aromatic heterocycles. The zero-order chi connectivity index (χ0) is 30.2. The van der Waals surface area contributed by atoms with Gasteiger partial charge in [-0.2, -0.15) is 0 Å². The molecule has 1 aromatic carbocycles. The van der Waals surface area contributed by atoms with Crippen molar-refractivity contribution in [2.24, 2.45) is 22.7 Å². The fraction of sp³-hybridized carbons (Fsp3) is 0.467. The summed E-state index contributed by atoms with van der Waals surface area (Å²) in [5.41, 5.74) is 0.469. The van der Waals surface area contributed by atoms with Crippen LogP contribution in [-0.2, 0) is 35.0 Å². The molecule has 2 saturated heterocycles. The molecule has 4 amide bonds. The Labute approximate surface area is 243 Å². The number of nitrogens with one attached hydrogen (secondary N) is 1. The zero-order valence-electron chi connectivity index (χ0n) is 24.0. The molecule has 0 radical (unpaired) electrons. The highest BCUT2D eigenvalue weighted by Crippen LogP contribution is 2.57. The second kappa shape index (κ2) is 11.4. The van der Waals surface area contributed by atoms with Gasteiger partial charge in [0.2, 0.25) is 23.6 Å². The minimum atomic E-state index is -1.54. The lowest BCUT2D eigenvalue weighted by Crippen LogP contribution is -2.63. The monoisotopic (exact) mass is 578 g/mol. The third kappa shape index (κ3) is 4.54. The summed E-state index contributed by atoms with van der Waals surface area (Å²) < 4.78 is 16.6. The molecule has 3 heterocycles. The number of carbonyl (C=O) groups excluding carboxylic acids is 5. The number of methoxy groups -OCH3 is 1. The summed E-state index contributed by atoms with van der Waals surface area (Å²) in [7, 11) is 1.22. The number of hydrogen-bond donors (Lipinski definition) is 1. The number of carbonyl (C=O) groups is 5. The highest BCUT2D eigenvalue weighted by atomic mass is 16.6. The third-order valence-electron chi connectivity index (χ3n) is 8.52. The van der Waals surface area contributed by atoms with Crippen LogP contribution in [0, 0.1) is 17.8 Å². The fourth-order valence-corrected chi connectivity index (χ4v) is 6.62. The van der Waals surface area contributed by atoms with Crippen molar-refractivity contribution in [1.29, 1.82) is 0 Å². The predicted molar refractivity (Wildman–Crippen MR) is 149 cm³/mol. The van der Waals surface area contributed by atoms with Crippen molar-refractivity contribution in [2.75, 3.05) is 26.7 Å². The van der Waals surface area contributed by atoms with Crippen molar-refractivity contribution in [3.8, 4) is 0 Å². The maximum absolute atomic E-state index is 13.9. The van der Waals surface area contributed by atoms with Gasteiger partial charge in [0.25, 0.3) is 0 Å². The van der Waals surface area contributed by atoms with Gasteiger partial charge in [-0.3, -0.25) is 19.7 Å². The first kappa shape index (κ1) is 29.0. The molecule has 5 rings (SSSR count). The maximum Gasteiger partial charge on any atom is 0.424 e. The molecule has 3 unspecified atom stereocenters. The van der Waals surface area contributed by atoms with Gasteiger partial charge in [-0.15, -0.1) is 0 Å². The van der Waals surface area contributed by atoms with Crippen LogP contribution in [0.25, 0.3) is 0 Å². The molecule has 3 aliphatic heterocycles. The molecule has 4 aliphatic rings. The number of amides is 4.